The van der Waals surface area contributed by atoms with E-state index in [9.17, 15) is 5.11 Å². The number of hydrogen-bond donors (Lipinski definition) is 2. The second kappa shape index (κ2) is 8.37. The summed E-state index contributed by atoms with van der Waals surface area (Å²) in [5, 5.41) is 12.7. The highest BCUT2D eigenvalue weighted by atomic mass is 16.5. The van der Waals surface area contributed by atoms with Gasteiger partial charge in [0.05, 0.1) is 6.61 Å². The number of hydrogen-bond acceptors (Lipinski definition) is 4. The van der Waals surface area contributed by atoms with Crippen LogP contribution in [0.2, 0.25) is 0 Å². The lowest BCUT2D eigenvalue weighted by molar-refractivity contribution is 0.199. The van der Waals surface area contributed by atoms with E-state index in [0.29, 0.717) is 12.5 Å². The number of aliphatic hydroxyl groups is 1. The minimum absolute atomic E-state index is 0.303. The summed E-state index contributed by atoms with van der Waals surface area (Å²) in [7, 11) is 1.72. The first-order valence-electron chi connectivity index (χ1n) is 7.89. The molecule has 118 valence electrons. The van der Waals surface area contributed by atoms with Crippen molar-refractivity contribution in [3.63, 3.8) is 0 Å². The molecule has 0 amide bonds. The Morgan fingerprint density at radius 3 is 3.00 bits per heavy atom. The Labute approximate surface area is 128 Å². The predicted octanol–water partition coefficient (Wildman–Crippen LogP) is 1.94. The van der Waals surface area contributed by atoms with E-state index in [-0.39, 0.29) is 0 Å². The average molecular weight is 292 g/mol. The quantitative estimate of drug-likeness (QED) is 0.754. The summed E-state index contributed by atoms with van der Waals surface area (Å²) in [6.07, 6.45) is 2.32. The van der Waals surface area contributed by atoms with Crippen LogP contribution >= 0.6 is 0 Å². The summed E-state index contributed by atoms with van der Waals surface area (Å²) in [6, 6.07) is 6.69. The lowest BCUT2D eigenvalue weighted by Gasteiger charge is -2.34. The Balaban J connectivity index is 1.95. The molecule has 0 saturated carbocycles. The van der Waals surface area contributed by atoms with Gasteiger partial charge >= 0.3 is 0 Å². The van der Waals surface area contributed by atoms with Crippen molar-refractivity contribution < 1.29 is 9.84 Å². The number of methoxy groups -OCH3 is 1. The van der Waals surface area contributed by atoms with E-state index < -0.39 is 0 Å². The molecule has 0 aromatic heterocycles. The number of nitrogens with one attached hydrogen (secondary N) is 1. The minimum Gasteiger partial charge on any atom is -0.396 e. The second-order valence-corrected chi connectivity index (χ2v) is 5.93. The number of anilines is 1. The smallest absolute Gasteiger partial charge is 0.0587 e. The Kier molecular flexibility index (Phi) is 6.49. The molecule has 1 aromatic rings. The highest BCUT2D eigenvalue weighted by molar-refractivity contribution is 5.54. The van der Waals surface area contributed by atoms with E-state index in [1.807, 2.05) is 0 Å². The van der Waals surface area contributed by atoms with Gasteiger partial charge in [0.25, 0.3) is 0 Å². The minimum atomic E-state index is 0.303. The van der Waals surface area contributed by atoms with Crippen LogP contribution < -0.4 is 10.2 Å². The number of aryl methyl sites for hydroxylation is 1. The number of nitrogens with zero attached hydrogens (tertiary/aromatic N) is 1. The fourth-order valence-corrected chi connectivity index (χ4v) is 3.02. The fourth-order valence-electron chi connectivity index (χ4n) is 3.02. The molecule has 1 aliphatic rings. The lowest BCUT2D eigenvalue weighted by Crippen LogP contribution is -2.37. The van der Waals surface area contributed by atoms with Crippen molar-refractivity contribution in [2.75, 3.05) is 44.9 Å². The third-order valence-corrected chi connectivity index (χ3v) is 4.19. The zero-order valence-corrected chi connectivity index (χ0v) is 13.3. The van der Waals surface area contributed by atoms with E-state index in [2.05, 4.69) is 35.3 Å². The zero-order valence-electron chi connectivity index (χ0n) is 13.3. The first-order valence-corrected chi connectivity index (χ1v) is 7.89. The van der Waals surface area contributed by atoms with Crippen molar-refractivity contribution in [2.24, 2.45) is 5.92 Å². The van der Waals surface area contributed by atoms with E-state index in [0.717, 1.165) is 39.2 Å². The lowest BCUT2D eigenvalue weighted by atomic mass is 9.97. The molecule has 0 radical (unpaired) electrons. The molecule has 0 spiro atoms. The fraction of sp³-hybridized carbons (Fsp3) is 0.647. The molecule has 1 saturated heterocycles. The number of piperidine rings is 1. The molecule has 1 unspecified atom stereocenters. The van der Waals surface area contributed by atoms with Crippen molar-refractivity contribution in [3.05, 3.63) is 29.3 Å². The van der Waals surface area contributed by atoms with Gasteiger partial charge in [-0.05, 0) is 42.9 Å². The summed E-state index contributed by atoms with van der Waals surface area (Å²) in [4.78, 5) is 2.42. The topological polar surface area (TPSA) is 44.7 Å². The van der Waals surface area contributed by atoms with Gasteiger partial charge in [-0.15, -0.1) is 0 Å². The average Bonchev–Trinajstić information content (AvgIpc) is 2.52. The van der Waals surface area contributed by atoms with Crippen molar-refractivity contribution in [1.29, 1.82) is 0 Å². The van der Waals surface area contributed by atoms with Gasteiger partial charge in [-0.25, -0.2) is 0 Å². The van der Waals surface area contributed by atoms with Gasteiger partial charge in [0.15, 0.2) is 0 Å². The van der Waals surface area contributed by atoms with Crippen molar-refractivity contribution in [2.45, 2.75) is 26.3 Å². The maximum Gasteiger partial charge on any atom is 0.0587 e. The molecule has 2 N–H and O–H groups in total. The standard InChI is InChI=1S/C17H28N2O2/c1-14-10-15(11-18-7-9-21-2)5-6-17(14)19-8-3-4-16(12-19)13-20/h5-6,10,16,18,20H,3-4,7-9,11-13H2,1-2H3. The maximum atomic E-state index is 9.36. The van der Waals surface area contributed by atoms with E-state index in [4.69, 9.17) is 4.74 Å². The number of rotatable bonds is 7. The molecule has 1 heterocycles. The van der Waals surface area contributed by atoms with Gasteiger partial charge in [-0.2, -0.15) is 0 Å². The van der Waals surface area contributed by atoms with Gasteiger partial charge in [-0.3, -0.25) is 0 Å². The Hall–Kier alpha value is -1.10. The zero-order chi connectivity index (χ0) is 15.1. The van der Waals surface area contributed by atoms with Crippen LogP contribution in [0.4, 0.5) is 5.69 Å². The first kappa shape index (κ1) is 16.3. The molecule has 4 nitrogen and oxygen atoms in total. The second-order valence-electron chi connectivity index (χ2n) is 5.93. The molecule has 21 heavy (non-hydrogen) atoms. The van der Waals surface area contributed by atoms with Crippen LogP contribution in [0.25, 0.3) is 0 Å². The van der Waals surface area contributed by atoms with Gasteiger partial charge in [0.1, 0.15) is 0 Å². The molecule has 1 atom stereocenters. The van der Waals surface area contributed by atoms with Crippen molar-refractivity contribution in [3.8, 4) is 0 Å². The van der Waals surface area contributed by atoms with E-state index in [1.165, 1.54) is 23.2 Å². The van der Waals surface area contributed by atoms with Crippen LogP contribution in [0.3, 0.4) is 0 Å². The molecule has 0 bridgehead atoms. The Morgan fingerprint density at radius 1 is 1.43 bits per heavy atom. The molecular weight excluding hydrogens is 264 g/mol. The summed E-state index contributed by atoms with van der Waals surface area (Å²) in [5.74, 6) is 0.425. The van der Waals surface area contributed by atoms with Crippen LogP contribution in [0.15, 0.2) is 18.2 Å². The summed E-state index contributed by atoms with van der Waals surface area (Å²) in [6.45, 7) is 7.05. The summed E-state index contributed by atoms with van der Waals surface area (Å²) >= 11 is 0. The van der Waals surface area contributed by atoms with Gasteiger partial charge < -0.3 is 20.1 Å². The molecule has 2 rings (SSSR count). The maximum absolute atomic E-state index is 9.36. The number of aliphatic hydroxyl groups excluding tert-OH is 1. The van der Waals surface area contributed by atoms with Crippen LogP contribution in [-0.4, -0.2) is 45.1 Å². The molecular formula is C17H28N2O2. The molecule has 1 aliphatic heterocycles. The molecule has 4 heteroatoms. The predicted molar refractivity (Wildman–Crippen MR) is 86.8 cm³/mol. The highest BCUT2D eigenvalue weighted by Crippen LogP contribution is 2.26. The largest absolute Gasteiger partial charge is 0.396 e. The Bertz CT molecular complexity index is 437. The van der Waals surface area contributed by atoms with Crippen LogP contribution in [0.5, 0.6) is 0 Å². The number of benzene rings is 1. The SMILES string of the molecule is COCCNCc1ccc(N2CCCC(CO)C2)c(C)c1. The normalized spacial score (nSPS) is 19.0. The molecule has 0 aliphatic carbocycles. The first-order chi connectivity index (χ1) is 10.2. The third kappa shape index (κ3) is 4.70. The van der Waals surface area contributed by atoms with E-state index >= 15 is 0 Å². The van der Waals surface area contributed by atoms with Crippen LogP contribution in [0.1, 0.15) is 24.0 Å². The number of ether oxygens (including phenoxy) is 1. The van der Waals surface area contributed by atoms with Gasteiger partial charge in [0.2, 0.25) is 0 Å². The Morgan fingerprint density at radius 2 is 2.29 bits per heavy atom. The van der Waals surface area contributed by atoms with Crippen molar-refractivity contribution in [1.82, 2.24) is 5.32 Å². The van der Waals surface area contributed by atoms with Gasteiger partial charge in [-0.1, -0.05) is 12.1 Å². The summed E-state index contributed by atoms with van der Waals surface area (Å²) < 4.78 is 5.03. The monoisotopic (exact) mass is 292 g/mol. The third-order valence-electron chi connectivity index (χ3n) is 4.19. The van der Waals surface area contributed by atoms with Crippen LogP contribution in [0, 0.1) is 12.8 Å². The van der Waals surface area contributed by atoms with Gasteiger partial charge in [0, 0.05) is 45.6 Å². The molecule has 1 fully saturated rings. The van der Waals surface area contributed by atoms with E-state index in [1.54, 1.807) is 7.11 Å². The molecule has 1 aromatic carbocycles. The summed E-state index contributed by atoms with van der Waals surface area (Å²) in [5.41, 5.74) is 3.94. The van der Waals surface area contributed by atoms with Crippen LogP contribution in [-0.2, 0) is 11.3 Å². The highest BCUT2D eigenvalue weighted by Gasteiger charge is 2.20. The van der Waals surface area contributed by atoms with Crippen molar-refractivity contribution >= 4 is 5.69 Å².